The third-order valence-corrected chi connectivity index (χ3v) is 3.08. The van der Waals surface area contributed by atoms with Gasteiger partial charge in [-0.3, -0.25) is 4.79 Å². The number of hydrogen-bond acceptors (Lipinski definition) is 6. The topological polar surface area (TPSA) is 83.9 Å². The Balaban J connectivity index is 1.93. The summed E-state index contributed by atoms with van der Waals surface area (Å²) in [6.07, 6.45) is 0.279. The zero-order chi connectivity index (χ0) is 15.9. The SMILES string of the molecule is COC(=O)C(N)Cc1ccc(COc2ccccc2OC)o1. The van der Waals surface area contributed by atoms with Crippen molar-refractivity contribution in [2.45, 2.75) is 19.1 Å². The molecule has 0 bridgehead atoms. The predicted molar refractivity (Wildman–Crippen MR) is 79.7 cm³/mol. The van der Waals surface area contributed by atoms with Gasteiger partial charge in [-0.2, -0.15) is 0 Å². The first kappa shape index (κ1) is 15.9. The van der Waals surface area contributed by atoms with Crippen molar-refractivity contribution in [3.63, 3.8) is 0 Å². The number of rotatable bonds is 7. The lowest BCUT2D eigenvalue weighted by molar-refractivity contribution is -0.142. The van der Waals surface area contributed by atoms with E-state index in [1.807, 2.05) is 24.3 Å². The highest BCUT2D eigenvalue weighted by atomic mass is 16.5. The molecule has 2 aromatic rings. The first-order valence-corrected chi connectivity index (χ1v) is 6.81. The van der Waals surface area contributed by atoms with Crippen molar-refractivity contribution in [2.75, 3.05) is 14.2 Å². The molecular weight excluding hydrogens is 286 g/mol. The van der Waals surface area contributed by atoms with Gasteiger partial charge in [0.2, 0.25) is 0 Å². The largest absolute Gasteiger partial charge is 0.493 e. The van der Waals surface area contributed by atoms with E-state index in [2.05, 4.69) is 4.74 Å². The van der Waals surface area contributed by atoms with Crippen LogP contribution in [0.1, 0.15) is 11.5 Å². The van der Waals surface area contributed by atoms with Gasteiger partial charge in [0.1, 0.15) is 24.2 Å². The average molecular weight is 305 g/mol. The molecule has 2 rings (SSSR count). The summed E-state index contributed by atoms with van der Waals surface area (Å²) in [6, 6.07) is 10.2. The predicted octanol–water partition coefficient (Wildman–Crippen LogP) is 1.91. The Morgan fingerprint density at radius 2 is 1.82 bits per heavy atom. The first-order valence-electron chi connectivity index (χ1n) is 6.81. The molecule has 1 heterocycles. The number of para-hydroxylation sites is 2. The van der Waals surface area contributed by atoms with Gasteiger partial charge in [-0.25, -0.2) is 0 Å². The monoisotopic (exact) mass is 305 g/mol. The van der Waals surface area contributed by atoms with Crippen LogP contribution in [-0.4, -0.2) is 26.2 Å². The number of esters is 1. The zero-order valence-electron chi connectivity index (χ0n) is 12.6. The van der Waals surface area contributed by atoms with Crippen LogP contribution < -0.4 is 15.2 Å². The van der Waals surface area contributed by atoms with Crippen molar-refractivity contribution in [3.05, 3.63) is 47.9 Å². The molecule has 0 radical (unpaired) electrons. The van der Waals surface area contributed by atoms with Crippen LogP contribution in [-0.2, 0) is 22.6 Å². The molecule has 118 valence electrons. The number of furan rings is 1. The smallest absolute Gasteiger partial charge is 0.323 e. The van der Waals surface area contributed by atoms with Gasteiger partial charge < -0.3 is 24.4 Å². The molecule has 1 unspecified atom stereocenters. The van der Waals surface area contributed by atoms with E-state index in [9.17, 15) is 4.79 Å². The van der Waals surface area contributed by atoms with Gasteiger partial charge >= 0.3 is 5.97 Å². The lowest BCUT2D eigenvalue weighted by Crippen LogP contribution is -2.33. The van der Waals surface area contributed by atoms with Gasteiger partial charge in [-0.05, 0) is 24.3 Å². The van der Waals surface area contributed by atoms with Crippen molar-refractivity contribution in [2.24, 2.45) is 5.73 Å². The second-order valence-corrected chi connectivity index (χ2v) is 4.64. The Kier molecular flexibility index (Phi) is 5.43. The fourth-order valence-corrected chi connectivity index (χ4v) is 1.95. The van der Waals surface area contributed by atoms with E-state index >= 15 is 0 Å². The molecule has 6 nitrogen and oxygen atoms in total. The molecule has 22 heavy (non-hydrogen) atoms. The van der Waals surface area contributed by atoms with E-state index in [1.54, 1.807) is 19.2 Å². The van der Waals surface area contributed by atoms with Crippen molar-refractivity contribution in [3.8, 4) is 11.5 Å². The highest BCUT2D eigenvalue weighted by molar-refractivity contribution is 5.75. The number of carbonyl (C=O) groups is 1. The molecule has 0 aliphatic heterocycles. The summed E-state index contributed by atoms with van der Waals surface area (Å²) in [5.41, 5.74) is 5.69. The van der Waals surface area contributed by atoms with Crippen LogP contribution in [0.5, 0.6) is 11.5 Å². The van der Waals surface area contributed by atoms with Crippen LogP contribution in [0.4, 0.5) is 0 Å². The minimum absolute atomic E-state index is 0.258. The van der Waals surface area contributed by atoms with E-state index in [0.29, 0.717) is 23.0 Å². The molecule has 0 fully saturated rings. The van der Waals surface area contributed by atoms with Crippen LogP contribution in [0.25, 0.3) is 0 Å². The Morgan fingerprint density at radius 1 is 1.14 bits per heavy atom. The summed E-state index contributed by atoms with van der Waals surface area (Å²) in [4.78, 5) is 11.3. The summed E-state index contributed by atoms with van der Waals surface area (Å²) < 4.78 is 21.0. The fraction of sp³-hybridized carbons (Fsp3) is 0.312. The van der Waals surface area contributed by atoms with Crippen LogP contribution >= 0.6 is 0 Å². The second-order valence-electron chi connectivity index (χ2n) is 4.64. The molecule has 0 amide bonds. The maximum absolute atomic E-state index is 11.3. The highest BCUT2D eigenvalue weighted by Crippen LogP contribution is 2.26. The van der Waals surface area contributed by atoms with Crippen molar-refractivity contribution >= 4 is 5.97 Å². The summed E-state index contributed by atoms with van der Waals surface area (Å²) in [5, 5.41) is 0. The van der Waals surface area contributed by atoms with Crippen LogP contribution in [0.15, 0.2) is 40.8 Å². The summed E-state index contributed by atoms with van der Waals surface area (Å²) in [5.74, 6) is 2.06. The molecule has 0 aliphatic carbocycles. The number of nitrogens with two attached hydrogens (primary N) is 1. The standard InChI is InChI=1S/C16H19NO5/c1-19-14-5-3-4-6-15(14)21-10-12-8-7-11(22-12)9-13(17)16(18)20-2/h3-8,13H,9-10,17H2,1-2H3. The average Bonchev–Trinajstić information content (AvgIpc) is 2.99. The Morgan fingerprint density at radius 3 is 2.50 bits per heavy atom. The maximum Gasteiger partial charge on any atom is 0.323 e. The van der Waals surface area contributed by atoms with Gasteiger partial charge in [0.25, 0.3) is 0 Å². The summed E-state index contributed by atoms with van der Waals surface area (Å²) in [6.45, 7) is 0.258. The van der Waals surface area contributed by atoms with Crippen molar-refractivity contribution in [1.29, 1.82) is 0 Å². The number of benzene rings is 1. The normalized spacial score (nSPS) is 11.8. The first-order chi connectivity index (χ1) is 10.6. The van der Waals surface area contributed by atoms with Crippen molar-refractivity contribution < 1.29 is 23.4 Å². The van der Waals surface area contributed by atoms with Crippen LogP contribution in [0, 0.1) is 0 Å². The third-order valence-electron chi connectivity index (χ3n) is 3.08. The number of ether oxygens (including phenoxy) is 3. The lowest BCUT2D eigenvalue weighted by atomic mass is 10.2. The zero-order valence-corrected chi connectivity index (χ0v) is 12.6. The van der Waals surface area contributed by atoms with Gasteiger partial charge in [-0.15, -0.1) is 0 Å². The quantitative estimate of drug-likeness (QED) is 0.787. The third kappa shape index (κ3) is 4.02. The molecule has 0 aliphatic rings. The fourth-order valence-electron chi connectivity index (χ4n) is 1.95. The molecule has 6 heteroatoms. The van der Waals surface area contributed by atoms with Gasteiger partial charge in [0, 0.05) is 6.42 Å². The molecule has 1 aromatic heterocycles. The van der Waals surface area contributed by atoms with E-state index < -0.39 is 12.0 Å². The van der Waals surface area contributed by atoms with E-state index in [1.165, 1.54) is 7.11 Å². The number of methoxy groups -OCH3 is 2. The van der Waals surface area contributed by atoms with Gasteiger partial charge in [-0.1, -0.05) is 12.1 Å². The molecule has 0 saturated heterocycles. The molecule has 0 saturated carbocycles. The number of hydrogen-bond donors (Lipinski definition) is 1. The van der Waals surface area contributed by atoms with Gasteiger partial charge in [0.05, 0.1) is 14.2 Å². The molecule has 1 atom stereocenters. The number of carbonyl (C=O) groups excluding carboxylic acids is 1. The highest BCUT2D eigenvalue weighted by Gasteiger charge is 2.16. The van der Waals surface area contributed by atoms with Gasteiger partial charge in [0.15, 0.2) is 11.5 Å². The van der Waals surface area contributed by atoms with Crippen LogP contribution in [0.2, 0.25) is 0 Å². The summed E-state index contributed by atoms with van der Waals surface area (Å²) >= 11 is 0. The van der Waals surface area contributed by atoms with Crippen molar-refractivity contribution in [1.82, 2.24) is 0 Å². The minimum Gasteiger partial charge on any atom is -0.493 e. The molecular formula is C16H19NO5. The van der Waals surface area contributed by atoms with E-state index in [0.717, 1.165) is 0 Å². The van der Waals surface area contributed by atoms with E-state index in [-0.39, 0.29) is 13.0 Å². The van der Waals surface area contributed by atoms with Crippen LogP contribution in [0.3, 0.4) is 0 Å². The Hall–Kier alpha value is -2.47. The minimum atomic E-state index is -0.737. The second kappa shape index (κ2) is 7.51. The molecule has 0 spiro atoms. The maximum atomic E-state index is 11.3. The Bertz CT molecular complexity index is 623. The molecule has 1 aromatic carbocycles. The lowest BCUT2D eigenvalue weighted by Gasteiger charge is -2.09. The Labute approximate surface area is 128 Å². The summed E-state index contributed by atoms with van der Waals surface area (Å²) in [7, 11) is 2.89. The van der Waals surface area contributed by atoms with E-state index in [4.69, 9.17) is 19.6 Å². The molecule has 2 N–H and O–H groups in total.